The third-order valence-electron chi connectivity index (χ3n) is 1.59. The Morgan fingerprint density at radius 3 is 2.54 bits per heavy atom. The van der Waals surface area contributed by atoms with E-state index in [4.69, 9.17) is 16.9 Å². The molecule has 66 valence electrons. The zero-order valence-electron chi connectivity index (χ0n) is 6.96. The van der Waals surface area contributed by atoms with Crippen LogP contribution in [-0.4, -0.2) is 5.78 Å². The van der Waals surface area contributed by atoms with Gasteiger partial charge in [-0.3, -0.25) is 4.79 Å². The van der Waals surface area contributed by atoms with Crippen molar-refractivity contribution in [1.82, 2.24) is 0 Å². The highest BCUT2D eigenvalue weighted by Gasteiger charge is 2.01. The van der Waals surface area contributed by atoms with E-state index >= 15 is 0 Å². The number of rotatable bonds is 3. The molecule has 1 aromatic rings. The van der Waals surface area contributed by atoms with E-state index in [1.165, 1.54) is 0 Å². The SMILES string of the molecule is N#CCC(=O)Cc1ccc(Cl)cc1. The highest BCUT2D eigenvalue weighted by Crippen LogP contribution is 2.10. The number of nitrogens with zero attached hydrogens (tertiary/aromatic N) is 1. The van der Waals surface area contributed by atoms with Gasteiger partial charge in [0, 0.05) is 11.4 Å². The van der Waals surface area contributed by atoms with Crippen molar-refractivity contribution < 1.29 is 4.79 Å². The number of nitriles is 1. The summed E-state index contributed by atoms with van der Waals surface area (Å²) < 4.78 is 0. The van der Waals surface area contributed by atoms with Crippen molar-refractivity contribution in [2.24, 2.45) is 0 Å². The molecule has 13 heavy (non-hydrogen) atoms. The van der Waals surface area contributed by atoms with Gasteiger partial charge in [0.2, 0.25) is 0 Å². The normalized spacial score (nSPS) is 9.23. The van der Waals surface area contributed by atoms with E-state index in [0.29, 0.717) is 11.4 Å². The van der Waals surface area contributed by atoms with Gasteiger partial charge in [-0.15, -0.1) is 0 Å². The summed E-state index contributed by atoms with van der Waals surface area (Å²) in [5.74, 6) is -0.0650. The van der Waals surface area contributed by atoms with Crippen molar-refractivity contribution in [3.63, 3.8) is 0 Å². The van der Waals surface area contributed by atoms with Gasteiger partial charge in [-0.25, -0.2) is 0 Å². The Balaban J connectivity index is 2.60. The van der Waals surface area contributed by atoms with Crippen LogP contribution < -0.4 is 0 Å². The largest absolute Gasteiger partial charge is 0.298 e. The number of hydrogen-bond donors (Lipinski definition) is 0. The Kier molecular flexibility index (Phi) is 3.48. The van der Waals surface area contributed by atoms with Crippen molar-refractivity contribution in [3.05, 3.63) is 34.9 Å². The maximum atomic E-state index is 11.0. The van der Waals surface area contributed by atoms with Crippen LogP contribution in [0.5, 0.6) is 0 Å². The predicted molar refractivity (Wildman–Crippen MR) is 50.4 cm³/mol. The molecule has 0 aliphatic heterocycles. The number of carbonyl (C=O) groups is 1. The second-order valence-corrected chi connectivity index (χ2v) is 3.11. The van der Waals surface area contributed by atoms with Crippen LogP contribution in [0.1, 0.15) is 12.0 Å². The third-order valence-corrected chi connectivity index (χ3v) is 1.84. The lowest BCUT2D eigenvalue weighted by Crippen LogP contribution is -2.00. The van der Waals surface area contributed by atoms with Crippen LogP contribution in [0.2, 0.25) is 5.02 Å². The summed E-state index contributed by atoms with van der Waals surface area (Å²) in [6.07, 6.45) is 0.285. The highest BCUT2D eigenvalue weighted by molar-refractivity contribution is 6.30. The third kappa shape index (κ3) is 3.27. The first kappa shape index (κ1) is 9.76. The molecule has 0 saturated heterocycles. The maximum absolute atomic E-state index is 11.0. The fourth-order valence-corrected chi connectivity index (χ4v) is 1.11. The smallest absolute Gasteiger partial charge is 0.151 e. The van der Waals surface area contributed by atoms with Gasteiger partial charge in [-0.1, -0.05) is 23.7 Å². The molecule has 0 N–H and O–H groups in total. The van der Waals surface area contributed by atoms with Crippen molar-refractivity contribution in [3.8, 4) is 6.07 Å². The molecule has 0 aliphatic carbocycles. The number of benzene rings is 1. The number of carbonyl (C=O) groups excluding carboxylic acids is 1. The van der Waals surface area contributed by atoms with E-state index in [2.05, 4.69) is 0 Å². The van der Waals surface area contributed by atoms with Gasteiger partial charge in [0.15, 0.2) is 5.78 Å². The molecule has 0 radical (unpaired) electrons. The molecule has 0 fully saturated rings. The van der Waals surface area contributed by atoms with Gasteiger partial charge in [0.05, 0.1) is 12.5 Å². The first-order valence-corrected chi connectivity index (χ1v) is 4.23. The second-order valence-electron chi connectivity index (χ2n) is 2.68. The molecule has 1 aromatic carbocycles. The Hall–Kier alpha value is -1.33. The average molecular weight is 194 g/mol. The van der Waals surface area contributed by atoms with E-state index in [9.17, 15) is 4.79 Å². The van der Waals surface area contributed by atoms with Crippen molar-refractivity contribution in [1.29, 1.82) is 5.26 Å². The number of ketones is 1. The second kappa shape index (κ2) is 4.64. The van der Waals surface area contributed by atoms with E-state index in [-0.39, 0.29) is 12.2 Å². The first-order chi connectivity index (χ1) is 6.22. The molecule has 0 aliphatic rings. The first-order valence-electron chi connectivity index (χ1n) is 3.85. The molecule has 0 unspecified atom stereocenters. The molecule has 0 saturated carbocycles. The van der Waals surface area contributed by atoms with Gasteiger partial charge in [-0.2, -0.15) is 5.26 Å². The molecule has 0 heterocycles. The van der Waals surface area contributed by atoms with Gasteiger partial charge < -0.3 is 0 Å². The maximum Gasteiger partial charge on any atom is 0.151 e. The van der Waals surface area contributed by atoms with Gasteiger partial charge >= 0.3 is 0 Å². The van der Waals surface area contributed by atoms with Crippen LogP contribution in [0.4, 0.5) is 0 Å². The summed E-state index contributed by atoms with van der Waals surface area (Å²) in [6.45, 7) is 0. The quantitative estimate of drug-likeness (QED) is 0.740. The Morgan fingerprint density at radius 1 is 1.38 bits per heavy atom. The van der Waals surface area contributed by atoms with Gasteiger partial charge in [-0.05, 0) is 17.7 Å². The average Bonchev–Trinajstić information content (AvgIpc) is 2.09. The summed E-state index contributed by atoms with van der Waals surface area (Å²) in [4.78, 5) is 11.0. The molecule has 0 spiro atoms. The number of halogens is 1. The van der Waals surface area contributed by atoms with Crippen molar-refractivity contribution in [2.75, 3.05) is 0 Å². The van der Waals surface area contributed by atoms with Crippen LogP contribution in [0, 0.1) is 11.3 Å². The standard InChI is InChI=1S/C10H8ClNO/c11-9-3-1-8(2-4-9)7-10(13)5-6-12/h1-4H,5,7H2. The summed E-state index contributed by atoms with van der Waals surface area (Å²) in [7, 11) is 0. The van der Waals surface area contributed by atoms with Crippen LogP contribution in [0.25, 0.3) is 0 Å². The Bertz CT molecular complexity index is 337. The van der Waals surface area contributed by atoms with Gasteiger partial charge in [0.25, 0.3) is 0 Å². The van der Waals surface area contributed by atoms with E-state index in [1.807, 2.05) is 6.07 Å². The molecule has 1 rings (SSSR count). The fourth-order valence-electron chi connectivity index (χ4n) is 0.981. The molecule has 0 bridgehead atoms. The monoisotopic (exact) mass is 193 g/mol. The molecule has 0 amide bonds. The molecule has 2 nitrogen and oxygen atoms in total. The minimum atomic E-state index is -0.0650. The lowest BCUT2D eigenvalue weighted by atomic mass is 10.1. The van der Waals surface area contributed by atoms with Crippen LogP contribution in [0.15, 0.2) is 24.3 Å². The summed E-state index contributed by atoms with van der Waals surface area (Å²) in [5, 5.41) is 8.92. The topological polar surface area (TPSA) is 40.9 Å². The molecule has 3 heteroatoms. The molecular weight excluding hydrogens is 186 g/mol. The summed E-state index contributed by atoms with van der Waals surface area (Å²) >= 11 is 5.67. The predicted octanol–water partition coefficient (Wildman–Crippen LogP) is 2.37. The zero-order valence-corrected chi connectivity index (χ0v) is 7.71. The van der Waals surface area contributed by atoms with E-state index in [0.717, 1.165) is 5.56 Å². The van der Waals surface area contributed by atoms with Crippen LogP contribution in [0.3, 0.4) is 0 Å². The minimum absolute atomic E-state index is 0.0252. The van der Waals surface area contributed by atoms with Crippen LogP contribution >= 0.6 is 11.6 Å². The summed E-state index contributed by atoms with van der Waals surface area (Å²) in [6, 6.07) is 8.87. The van der Waals surface area contributed by atoms with Crippen molar-refractivity contribution >= 4 is 17.4 Å². The minimum Gasteiger partial charge on any atom is -0.298 e. The van der Waals surface area contributed by atoms with Crippen molar-refractivity contribution in [2.45, 2.75) is 12.8 Å². The van der Waals surface area contributed by atoms with E-state index < -0.39 is 0 Å². The lowest BCUT2D eigenvalue weighted by molar-refractivity contribution is -0.117. The Morgan fingerprint density at radius 2 is 2.00 bits per heavy atom. The van der Waals surface area contributed by atoms with E-state index in [1.54, 1.807) is 24.3 Å². The number of hydrogen-bond acceptors (Lipinski definition) is 2. The fraction of sp³-hybridized carbons (Fsp3) is 0.200. The van der Waals surface area contributed by atoms with Gasteiger partial charge in [0.1, 0.15) is 0 Å². The zero-order chi connectivity index (χ0) is 9.68. The Labute approximate surface area is 81.7 Å². The molecular formula is C10H8ClNO. The molecule has 0 atom stereocenters. The van der Waals surface area contributed by atoms with Crippen LogP contribution in [-0.2, 0) is 11.2 Å². The summed E-state index contributed by atoms with van der Waals surface area (Å²) in [5.41, 5.74) is 0.893. The highest BCUT2D eigenvalue weighted by atomic mass is 35.5. The lowest BCUT2D eigenvalue weighted by Gasteiger charge is -1.97. The number of Topliss-reactive ketones (excluding diaryl/α,β-unsaturated/α-hetero) is 1. The molecule has 0 aromatic heterocycles.